The molecule has 0 aromatic heterocycles. The largest absolute Gasteiger partial charge is 0.479 e. The van der Waals surface area contributed by atoms with Gasteiger partial charge >= 0.3 is 5.97 Å². The fourth-order valence-corrected chi connectivity index (χ4v) is 1.96. The fourth-order valence-electron chi connectivity index (χ4n) is 1.96. The molecule has 1 aromatic rings. The van der Waals surface area contributed by atoms with Gasteiger partial charge in [-0.05, 0) is 11.0 Å². The third-order valence-corrected chi connectivity index (χ3v) is 2.66. The Morgan fingerprint density at radius 1 is 1.19 bits per heavy atom. The highest BCUT2D eigenvalue weighted by molar-refractivity contribution is 5.73. The molecule has 2 atom stereocenters. The van der Waals surface area contributed by atoms with Crippen molar-refractivity contribution in [2.24, 2.45) is 5.41 Å². The van der Waals surface area contributed by atoms with Crippen LogP contribution in [0.1, 0.15) is 32.3 Å². The summed E-state index contributed by atoms with van der Waals surface area (Å²) in [6, 6.07) is 9.27. The van der Waals surface area contributed by atoms with E-state index in [1.807, 2.05) is 51.1 Å². The first kappa shape index (κ1) is 12.7. The molecule has 2 N–H and O–H groups in total. The van der Waals surface area contributed by atoms with Crippen molar-refractivity contribution in [1.82, 2.24) is 0 Å². The topological polar surface area (TPSA) is 57.5 Å². The molecule has 0 spiro atoms. The molecule has 1 rings (SSSR count). The summed E-state index contributed by atoms with van der Waals surface area (Å²) in [5.74, 6) is -1.59. The number of benzene rings is 1. The quantitative estimate of drug-likeness (QED) is 0.824. The predicted octanol–water partition coefficient (Wildman–Crippen LogP) is 2.26. The number of carboxylic acids is 1. The van der Waals surface area contributed by atoms with Crippen LogP contribution in [-0.4, -0.2) is 22.3 Å². The van der Waals surface area contributed by atoms with Gasteiger partial charge in [-0.25, -0.2) is 4.79 Å². The Labute approximate surface area is 95.7 Å². The zero-order valence-electron chi connectivity index (χ0n) is 9.84. The number of aliphatic hydroxyl groups excluding tert-OH is 1. The Bertz CT molecular complexity index is 351. The van der Waals surface area contributed by atoms with E-state index >= 15 is 0 Å². The predicted molar refractivity (Wildman–Crippen MR) is 62.3 cm³/mol. The van der Waals surface area contributed by atoms with Crippen LogP contribution in [0, 0.1) is 5.41 Å². The SMILES string of the molecule is CC(C)(C)C(c1ccccc1)C(O)C(=O)O. The maximum Gasteiger partial charge on any atom is 0.333 e. The van der Waals surface area contributed by atoms with Crippen molar-refractivity contribution in [2.75, 3.05) is 0 Å². The highest BCUT2D eigenvalue weighted by Gasteiger charge is 2.36. The van der Waals surface area contributed by atoms with Gasteiger partial charge in [0.2, 0.25) is 0 Å². The van der Waals surface area contributed by atoms with E-state index in [-0.39, 0.29) is 5.41 Å². The summed E-state index contributed by atoms with van der Waals surface area (Å²) in [5.41, 5.74) is 0.545. The Kier molecular flexibility index (Phi) is 3.70. The van der Waals surface area contributed by atoms with Crippen LogP contribution in [0.25, 0.3) is 0 Å². The number of aliphatic carboxylic acids is 1. The number of hydrogen-bond donors (Lipinski definition) is 2. The minimum absolute atomic E-state index is 0.306. The highest BCUT2D eigenvalue weighted by Crippen LogP contribution is 2.37. The second-order valence-electron chi connectivity index (χ2n) is 5.04. The standard InChI is InChI=1S/C13H18O3/c1-13(2,3)10(11(14)12(15)16)9-7-5-4-6-8-9/h4-8,10-11,14H,1-3H3,(H,15,16). The molecule has 0 radical (unpaired) electrons. The highest BCUT2D eigenvalue weighted by atomic mass is 16.4. The average molecular weight is 222 g/mol. The van der Waals surface area contributed by atoms with Crippen LogP contribution >= 0.6 is 0 Å². The molecule has 0 amide bonds. The molecular weight excluding hydrogens is 204 g/mol. The lowest BCUT2D eigenvalue weighted by Crippen LogP contribution is -2.35. The first-order valence-corrected chi connectivity index (χ1v) is 5.30. The molecule has 3 nitrogen and oxygen atoms in total. The second-order valence-corrected chi connectivity index (χ2v) is 5.04. The lowest BCUT2D eigenvalue weighted by molar-refractivity contribution is -0.149. The maximum atomic E-state index is 10.9. The molecule has 0 aliphatic heterocycles. The Hall–Kier alpha value is -1.35. The van der Waals surface area contributed by atoms with Gasteiger partial charge in [0.15, 0.2) is 6.10 Å². The van der Waals surface area contributed by atoms with Crippen LogP contribution < -0.4 is 0 Å². The van der Waals surface area contributed by atoms with Crippen molar-refractivity contribution in [3.63, 3.8) is 0 Å². The molecule has 3 heteroatoms. The minimum atomic E-state index is -1.37. The zero-order valence-corrected chi connectivity index (χ0v) is 9.84. The molecule has 0 saturated heterocycles. The van der Waals surface area contributed by atoms with Crippen LogP contribution in [0.15, 0.2) is 30.3 Å². The van der Waals surface area contributed by atoms with Gasteiger partial charge in [-0.1, -0.05) is 51.1 Å². The number of rotatable bonds is 3. The van der Waals surface area contributed by atoms with E-state index in [9.17, 15) is 9.90 Å². The lowest BCUT2D eigenvalue weighted by atomic mass is 9.73. The minimum Gasteiger partial charge on any atom is -0.479 e. The zero-order chi connectivity index (χ0) is 12.3. The van der Waals surface area contributed by atoms with Gasteiger partial charge in [-0.3, -0.25) is 0 Å². The summed E-state index contributed by atoms with van der Waals surface area (Å²) in [6.45, 7) is 5.78. The van der Waals surface area contributed by atoms with Crippen molar-refractivity contribution in [2.45, 2.75) is 32.8 Å². The smallest absolute Gasteiger partial charge is 0.333 e. The van der Waals surface area contributed by atoms with Gasteiger partial charge in [-0.2, -0.15) is 0 Å². The number of carboxylic acid groups (broad SMARTS) is 1. The molecule has 0 aliphatic carbocycles. The van der Waals surface area contributed by atoms with E-state index in [1.54, 1.807) is 0 Å². The van der Waals surface area contributed by atoms with E-state index in [0.717, 1.165) is 5.56 Å². The first-order valence-electron chi connectivity index (χ1n) is 5.30. The molecule has 0 aliphatic rings. The third kappa shape index (κ3) is 2.83. The number of carbonyl (C=O) groups is 1. The summed E-state index contributed by atoms with van der Waals surface area (Å²) >= 11 is 0. The summed E-state index contributed by atoms with van der Waals surface area (Å²) in [4.78, 5) is 10.9. The summed E-state index contributed by atoms with van der Waals surface area (Å²) in [7, 11) is 0. The molecule has 0 heterocycles. The number of hydrogen-bond acceptors (Lipinski definition) is 2. The number of aliphatic hydroxyl groups is 1. The van der Waals surface area contributed by atoms with E-state index in [2.05, 4.69) is 0 Å². The Morgan fingerprint density at radius 3 is 2.06 bits per heavy atom. The van der Waals surface area contributed by atoms with Crippen LogP contribution in [0.4, 0.5) is 0 Å². The maximum absolute atomic E-state index is 10.9. The summed E-state index contributed by atoms with van der Waals surface area (Å²) < 4.78 is 0. The fraction of sp³-hybridized carbons (Fsp3) is 0.462. The van der Waals surface area contributed by atoms with Gasteiger partial charge in [0, 0.05) is 5.92 Å². The molecule has 0 fully saturated rings. The van der Waals surface area contributed by atoms with Gasteiger partial charge in [0.1, 0.15) is 0 Å². The molecule has 88 valence electrons. The van der Waals surface area contributed by atoms with Crippen molar-refractivity contribution in [3.8, 4) is 0 Å². The van der Waals surface area contributed by atoms with Gasteiger partial charge in [0.25, 0.3) is 0 Å². The van der Waals surface area contributed by atoms with E-state index < -0.39 is 18.0 Å². The molecular formula is C13H18O3. The Balaban J connectivity index is 3.12. The normalized spacial score (nSPS) is 15.5. The molecule has 0 bridgehead atoms. The van der Waals surface area contributed by atoms with Gasteiger partial charge in [0.05, 0.1) is 0 Å². The van der Waals surface area contributed by atoms with E-state index in [1.165, 1.54) is 0 Å². The third-order valence-electron chi connectivity index (χ3n) is 2.66. The summed E-state index contributed by atoms with van der Waals surface area (Å²) in [6.07, 6.45) is -1.37. The molecule has 1 aromatic carbocycles. The van der Waals surface area contributed by atoms with Gasteiger partial charge < -0.3 is 10.2 Å². The van der Waals surface area contributed by atoms with Crippen molar-refractivity contribution >= 4 is 5.97 Å². The second kappa shape index (κ2) is 4.66. The van der Waals surface area contributed by atoms with Crippen molar-refractivity contribution in [3.05, 3.63) is 35.9 Å². The lowest BCUT2D eigenvalue weighted by Gasteiger charge is -2.33. The summed E-state index contributed by atoms with van der Waals surface area (Å²) in [5, 5.41) is 18.7. The van der Waals surface area contributed by atoms with Crippen molar-refractivity contribution in [1.29, 1.82) is 0 Å². The molecule has 2 unspecified atom stereocenters. The molecule has 16 heavy (non-hydrogen) atoms. The first-order chi connectivity index (χ1) is 7.34. The van der Waals surface area contributed by atoms with Gasteiger partial charge in [-0.15, -0.1) is 0 Å². The molecule has 0 saturated carbocycles. The monoisotopic (exact) mass is 222 g/mol. The van der Waals surface area contributed by atoms with Crippen LogP contribution in [-0.2, 0) is 4.79 Å². The van der Waals surface area contributed by atoms with Crippen molar-refractivity contribution < 1.29 is 15.0 Å². The van der Waals surface area contributed by atoms with Crippen LogP contribution in [0.3, 0.4) is 0 Å². The van der Waals surface area contributed by atoms with Crippen LogP contribution in [0.5, 0.6) is 0 Å². The van der Waals surface area contributed by atoms with E-state index in [0.29, 0.717) is 0 Å². The van der Waals surface area contributed by atoms with Crippen LogP contribution in [0.2, 0.25) is 0 Å². The average Bonchev–Trinajstić information content (AvgIpc) is 2.17. The van der Waals surface area contributed by atoms with E-state index in [4.69, 9.17) is 5.11 Å². The Morgan fingerprint density at radius 2 is 1.69 bits per heavy atom.